The molecule has 1 aliphatic heterocycles. The molecule has 2 N–H and O–H groups in total. The second-order valence-corrected chi connectivity index (χ2v) is 5.69. The van der Waals surface area contributed by atoms with E-state index in [1.165, 1.54) is 7.11 Å². The summed E-state index contributed by atoms with van der Waals surface area (Å²) in [4.78, 5) is 24.6. The Hall–Kier alpha value is -3.03. The molecule has 2 amide bonds. The van der Waals surface area contributed by atoms with Crippen molar-refractivity contribution in [2.24, 2.45) is 0 Å². The van der Waals surface area contributed by atoms with Crippen molar-refractivity contribution < 1.29 is 14.6 Å². The van der Waals surface area contributed by atoms with E-state index < -0.39 is 0 Å². The number of nitrogens with one attached hydrogen (secondary N) is 1. The third kappa shape index (κ3) is 4.09. The Kier molecular flexibility index (Phi) is 5.17. The fourth-order valence-corrected chi connectivity index (χ4v) is 2.70. The van der Waals surface area contributed by atoms with Crippen LogP contribution in [0.5, 0.6) is 11.5 Å². The zero-order valence-corrected chi connectivity index (χ0v) is 14.1. The Balaban J connectivity index is 1.49. The molecule has 0 bridgehead atoms. The predicted octanol–water partition coefficient (Wildman–Crippen LogP) is 1.22. The molecule has 132 valence electrons. The molecule has 25 heavy (non-hydrogen) atoms. The Bertz CT molecular complexity index is 717. The Morgan fingerprint density at radius 3 is 2.60 bits per heavy atom. The van der Waals surface area contributed by atoms with Crippen LogP contribution in [0.4, 0.5) is 10.7 Å². The van der Waals surface area contributed by atoms with Crippen molar-refractivity contribution in [3.63, 3.8) is 0 Å². The van der Waals surface area contributed by atoms with E-state index in [2.05, 4.69) is 20.2 Å². The van der Waals surface area contributed by atoms with Crippen LogP contribution in [0.25, 0.3) is 0 Å². The van der Waals surface area contributed by atoms with Crippen LogP contribution in [-0.2, 0) is 6.54 Å². The van der Waals surface area contributed by atoms with Gasteiger partial charge in [0.2, 0.25) is 5.95 Å². The summed E-state index contributed by atoms with van der Waals surface area (Å²) in [7, 11) is 1.50. The van der Waals surface area contributed by atoms with Crippen molar-refractivity contribution in [1.82, 2.24) is 20.2 Å². The summed E-state index contributed by atoms with van der Waals surface area (Å²) in [5, 5.41) is 12.7. The van der Waals surface area contributed by atoms with Gasteiger partial charge in [0.05, 0.1) is 7.11 Å². The Labute approximate surface area is 146 Å². The van der Waals surface area contributed by atoms with Crippen LogP contribution >= 0.6 is 0 Å². The lowest BCUT2D eigenvalue weighted by Crippen LogP contribution is -2.52. The third-order valence-corrected chi connectivity index (χ3v) is 4.09. The molecule has 8 nitrogen and oxygen atoms in total. The van der Waals surface area contributed by atoms with Crippen molar-refractivity contribution >= 4 is 12.0 Å². The van der Waals surface area contributed by atoms with Crippen molar-refractivity contribution in [3.05, 3.63) is 42.2 Å². The summed E-state index contributed by atoms with van der Waals surface area (Å²) >= 11 is 0. The SMILES string of the molecule is COc1ccc(CNC(=O)N2CCN(c3ncccn3)CC2)cc1O. The van der Waals surface area contributed by atoms with Gasteiger partial charge in [0.25, 0.3) is 0 Å². The van der Waals surface area contributed by atoms with Crippen LogP contribution in [0.15, 0.2) is 36.7 Å². The van der Waals surface area contributed by atoms with Crippen molar-refractivity contribution in [2.45, 2.75) is 6.54 Å². The highest BCUT2D eigenvalue weighted by Crippen LogP contribution is 2.26. The quantitative estimate of drug-likeness (QED) is 0.867. The molecule has 0 aliphatic carbocycles. The number of methoxy groups -OCH3 is 1. The van der Waals surface area contributed by atoms with E-state index in [4.69, 9.17) is 4.74 Å². The number of anilines is 1. The molecule has 1 aromatic carbocycles. The minimum Gasteiger partial charge on any atom is -0.504 e. The van der Waals surface area contributed by atoms with Crippen LogP contribution in [-0.4, -0.2) is 59.3 Å². The van der Waals surface area contributed by atoms with E-state index >= 15 is 0 Å². The molecule has 0 unspecified atom stereocenters. The Morgan fingerprint density at radius 2 is 1.96 bits per heavy atom. The lowest BCUT2D eigenvalue weighted by atomic mass is 10.2. The first-order chi connectivity index (χ1) is 12.2. The van der Waals surface area contributed by atoms with Crippen LogP contribution in [0.1, 0.15) is 5.56 Å². The average molecular weight is 343 g/mol. The van der Waals surface area contributed by atoms with E-state index in [9.17, 15) is 9.90 Å². The topological polar surface area (TPSA) is 90.8 Å². The fourth-order valence-electron chi connectivity index (χ4n) is 2.70. The molecule has 1 saturated heterocycles. The van der Waals surface area contributed by atoms with Gasteiger partial charge in [0, 0.05) is 45.1 Å². The number of carbonyl (C=O) groups excluding carboxylic acids is 1. The summed E-state index contributed by atoms with van der Waals surface area (Å²) in [6, 6.07) is 6.73. The van der Waals surface area contributed by atoms with Crippen LogP contribution < -0.4 is 15.0 Å². The number of aromatic nitrogens is 2. The maximum absolute atomic E-state index is 12.3. The number of benzene rings is 1. The van der Waals surface area contributed by atoms with Gasteiger partial charge < -0.3 is 25.0 Å². The number of rotatable bonds is 4. The van der Waals surface area contributed by atoms with Gasteiger partial charge in [-0.3, -0.25) is 0 Å². The molecule has 0 spiro atoms. The monoisotopic (exact) mass is 343 g/mol. The normalized spacial score (nSPS) is 14.3. The number of phenols is 1. The van der Waals surface area contributed by atoms with Gasteiger partial charge in [-0.05, 0) is 23.8 Å². The number of hydrogen-bond donors (Lipinski definition) is 2. The zero-order chi connectivity index (χ0) is 17.6. The molecule has 2 heterocycles. The minimum atomic E-state index is -0.121. The van der Waals surface area contributed by atoms with Crippen LogP contribution in [0.3, 0.4) is 0 Å². The number of amides is 2. The molecule has 2 aromatic rings. The maximum Gasteiger partial charge on any atom is 0.317 e. The molecule has 0 atom stereocenters. The van der Waals surface area contributed by atoms with Gasteiger partial charge in [-0.2, -0.15) is 0 Å². The number of phenolic OH excluding ortho intramolecular Hbond substituents is 1. The molecule has 0 saturated carbocycles. The van der Waals surface area contributed by atoms with E-state index in [-0.39, 0.29) is 11.8 Å². The van der Waals surface area contributed by atoms with E-state index in [0.29, 0.717) is 44.4 Å². The number of nitrogens with zero attached hydrogens (tertiary/aromatic N) is 4. The third-order valence-electron chi connectivity index (χ3n) is 4.09. The van der Waals surface area contributed by atoms with Crippen LogP contribution in [0.2, 0.25) is 0 Å². The van der Waals surface area contributed by atoms with Gasteiger partial charge in [0.15, 0.2) is 11.5 Å². The second kappa shape index (κ2) is 7.69. The fraction of sp³-hybridized carbons (Fsp3) is 0.353. The summed E-state index contributed by atoms with van der Waals surface area (Å²) in [6.45, 7) is 2.95. The molecule has 8 heteroatoms. The van der Waals surface area contributed by atoms with Crippen molar-refractivity contribution in [3.8, 4) is 11.5 Å². The smallest absolute Gasteiger partial charge is 0.317 e. The van der Waals surface area contributed by atoms with Crippen molar-refractivity contribution in [1.29, 1.82) is 0 Å². The zero-order valence-electron chi connectivity index (χ0n) is 14.1. The number of aromatic hydroxyl groups is 1. The lowest BCUT2D eigenvalue weighted by molar-refractivity contribution is 0.193. The average Bonchev–Trinajstić information content (AvgIpc) is 2.67. The van der Waals surface area contributed by atoms with Gasteiger partial charge in [-0.1, -0.05) is 6.07 Å². The summed E-state index contributed by atoms with van der Waals surface area (Å²) in [6.07, 6.45) is 3.43. The first kappa shape index (κ1) is 16.8. The molecule has 1 aliphatic rings. The lowest BCUT2D eigenvalue weighted by Gasteiger charge is -2.34. The number of piperazine rings is 1. The van der Waals surface area contributed by atoms with E-state index in [1.54, 1.807) is 35.5 Å². The number of carbonyl (C=O) groups is 1. The van der Waals surface area contributed by atoms with Crippen molar-refractivity contribution in [2.75, 3.05) is 38.2 Å². The minimum absolute atomic E-state index is 0.0609. The summed E-state index contributed by atoms with van der Waals surface area (Å²) in [5.74, 6) is 1.16. The number of ether oxygens (including phenoxy) is 1. The van der Waals surface area contributed by atoms with Gasteiger partial charge >= 0.3 is 6.03 Å². The van der Waals surface area contributed by atoms with Gasteiger partial charge in [-0.15, -0.1) is 0 Å². The summed E-state index contributed by atoms with van der Waals surface area (Å²) < 4.78 is 5.01. The Morgan fingerprint density at radius 1 is 1.24 bits per heavy atom. The van der Waals surface area contributed by atoms with Gasteiger partial charge in [0.1, 0.15) is 0 Å². The highest BCUT2D eigenvalue weighted by molar-refractivity contribution is 5.74. The molecule has 1 fully saturated rings. The highest BCUT2D eigenvalue weighted by Gasteiger charge is 2.22. The first-order valence-electron chi connectivity index (χ1n) is 8.08. The highest BCUT2D eigenvalue weighted by atomic mass is 16.5. The first-order valence-corrected chi connectivity index (χ1v) is 8.08. The maximum atomic E-state index is 12.3. The van der Waals surface area contributed by atoms with Crippen LogP contribution in [0, 0.1) is 0 Å². The number of urea groups is 1. The summed E-state index contributed by atoms with van der Waals surface area (Å²) in [5.41, 5.74) is 0.808. The largest absolute Gasteiger partial charge is 0.504 e. The van der Waals surface area contributed by atoms with E-state index in [0.717, 1.165) is 5.56 Å². The van der Waals surface area contributed by atoms with Gasteiger partial charge in [-0.25, -0.2) is 14.8 Å². The predicted molar refractivity (Wildman–Crippen MR) is 92.7 cm³/mol. The molecule has 1 aromatic heterocycles. The molecular formula is C17H21N5O3. The van der Waals surface area contributed by atoms with E-state index in [1.807, 2.05) is 6.07 Å². The second-order valence-electron chi connectivity index (χ2n) is 5.69. The molecular weight excluding hydrogens is 322 g/mol. The standard InChI is InChI=1S/C17H21N5O3/c1-25-15-4-3-13(11-14(15)23)12-20-17(24)22-9-7-21(8-10-22)16-18-5-2-6-19-16/h2-6,11,23H,7-10,12H2,1H3,(H,20,24). The molecule has 0 radical (unpaired) electrons. The molecule has 3 rings (SSSR count). The number of hydrogen-bond acceptors (Lipinski definition) is 6.